The standard InChI is InChI=1S/C61H100O6/c1-4-7-10-13-16-19-22-25-27-29-31-33-36-39-42-45-48-51-54-60(63)66-57-58(56-65-59(62)53-50-47-44-41-38-35-24-21-18-15-12-9-6-3)67-61(64)55-52-49-46-43-40-37-34-32-30-28-26-23-20-17-14-11-8-5-2/h16,19,22-23,25-35,38,44,47,58H,4-15,17-18,20-21,24,36-37,39-43,45-46,48-57H2,1-3H3/b19-16-,25-22-,26-23-,29-27-,30-28-,33-31-,34-32-,38-35-,47-44-. The number of unbranched alkanes of at least 4 members (excludes halogenated alkanes) is 24. The summed E-state index contributed by atoms with van der Waals surface area (Å²) in [5.74, 6) is -1.03. The fourth-order valence-electron chi connectivity index (χ4n) is 7.21. The summed E-state index contributed by atoms with van der Waals surface area (Å²) >= 11 is 0. The highest BCUT2D eigenvalue weighted by molar-refractivity contribution is 5.71. The minimum atomic E-state index is -0.823. The molecule has 0 N–H and O–H groups in total. The summed E-state index contributed by atoms with van der Waals surface area (Å²) < 4.78 is 16.7. The van der Waals surface area contributed by atoms with Crippen molar-refractivity contribution in [3.05, 3.63) is 109 Å². The van der Waals surface area contributed by atoms with E-state index in [0.29, 0.717) is 12.8 Å². The molecule has 0 saturated heterocycles. The van der Waals surface area contributed by atoms with Crippen LogP contribution < -0.4 is 0 Å². The van der Waals surface area contributed by atoms with E-state index in [9.17, 15) is 14.4 Å². The normalized spacial score (nSPS) is 12.9. The highest BCUT2D eigenvalue weighted by atomic mass is 16.6. The molecule has 0 rings (SSSR count). The van der Waals surface area contributed by atoms with Crippen molar-refractivity contribution < 1.29 is 28.6 Å². The summed E-state index contributed by atoms with van der Waals surface area (Å²) in [4.78, 5) is 38.0. The van der Waals surface area contributed by atoms with Gasteiger partial charge in [-0.3, -0.25) is 14.4 Å². The second-order valence-corrected chi connectivity index (χ2v) is 17.9. The molecule has 0 aliphatic rings. The Balaban J connectivity index is 4.55. The van der Waals surface area contributed by atoms with Gasteiger partial charge in [-0.05, 0) is 89.9 Å². The summed E-state index contributed by atoms with van der Waals surface area (Å²) in [7, 11) is 0. The first-order valence-corrected chi connectivity index (χ1v) is 27.5. The third-order valence-corrected chi connectivity index (χ3v) is 11.4. The van der Waals surface area contributed by atoms with E-state index in [0.717, 1.165) is 103 Å². The summed E-state index contributed by atoms with van der Waals surface area (Å²) in [5, 5.41) is 0. The molecule has 1 unspecified atom stereocenters. The molecule has 0 aromatic carbocycles. The van der Waals surface area contributed by atoms with Crippen molar-refractivity contribution >= 4 is 17.9 Å². The van der Waals surface area contributed by atoms with Gasteiger partial charge in [-0.25, -0.2) is 0 Å². The molecule has 67 heavy (non-hydrogen) atoms. The van der Waals surface area contributed by atoms with Crippen molar-refractivity contribution in [2.75, 3.05) is 13.2 Å². The number of ether oxygens (including phenoxy) is 3. The third-order valence-electron chi connectivity index (χ3n) is 11.4. The van der Waals surface area contributed by atoms with Crippen LogP contribution in [-0.4, -0.2) is 37.2 Å². The predicted octanol–water partition coefficient (Wildman–Crippen LogP) is 18.3. The maximum atomic E-state index is 12.8. The van der Waals surface area contributed by atoms with Gasteiger partial charge in [0.05, 0.1) is 0 Å². The van der Waals surface area contributed by atoms with E-state index in [1.165, 1.54) is 89.9 Å². The van der Waals surface area contributed by atoms with Gasteiger partial charge in [-0.1, -0.05) is 239 Å². The minimum absolute atomic E-state index is 0.118. The van der Waals surface area contributed by atoms with Gasteiger partial charge in [0, 0.05) is 19.3 Å². The van der Waals surface area contributed by atoms with Crippen LogP contribution in [0.3, 0.4) is 0 Å². The average Bonchev–Trinajstić information content (AvgIpc) is 3.33. The lowest BCUT2D eigenvalue weighted by Gasteiger charge is -2.18. The molecule has 1 atom stereocenters. The topological polar surface area (TPSA) is 78.9 Å². The number of esters is 3. The fourth-order valence-corrected chi connectivity index (χ4v) is 7.21. The summed E-state index contributed by atoms with van der Waals surface area (Å²) in [6.45, 7) is 6.48. The maximum absolute atomic E-state index is 12.8. The zero-order chi connectivity index (χ0) is 48.6. The molecule has 0 saturated carbocycles. The highest BCUT2D eigenvalue weighted by Crippen LogP contribution is 2.13. The molecule has 0 aliphatic heterocycles. The largest absolute Gasteiger partial charge is 0.462 e. The Kier molecular flexibility index (Phi) is 51.5. The first-order chi connectivity index (χ1) is 33.0. The van der Waals surface area contributed by atoms with Gasteiger partial charge in [0.25, 0.3) is 0 Å². The average molecular weight is 929 g/mol. The Morgan fingerprint density at radius 1 is 0.313 bits per heavy atom. The number of hydrogen-bond acceptors (Lipinski definition) is 6. The highest BCUT2D eigenvalue weighted by Gasteiger charge is 2.19. The number of carbonyl (C=O) groups is 3. The van der Waals surface area contributed by atoms with Crippen LogP contribution >= 0.6 is 0 Å². The molecule has 0 heterocycles. The molecule has 0 spiro atoms. The van der Waals surface area contributed by atoms with E-state index in [4.69, 9.17) is 14.2 Å². The Labute approximate surface area is 412 Å². The summed E-state index contributed by atoms with van der Waals surface area (Å²) in [6.07, 6.45) is 73.6. The molecule has 0 fully saturated rings. The smallest absolute Gasteiger partial charge is 0.306 e. The number of allylic oxidation sites excluding steroid dienone is 18. The monoisotopic (exact) mass is 929 g/mol. The van der Waals surface area contributed by atoms with Gasteiger partial charge in [0.1, 0.15) is 13.2 Å². The fraction of sp³-hybridized carbons (Fsp3) is 0.656. The van der Waals surface area contributed by atoms with Gasteiger partial charge in [-0.15, -0.1) is 0 Å². The van der Waals surface area contributed by atoms with Crippen LogP contribution in [0.15, 0.2) is 109 Å². The number of rotatable bonds is 48. The lowest BCUT2D eigenvalue weighted by atomic mass is 10.1. The number of hydrogen-bond donors (Lipinski definition) is 0. The van der Waals surface area contributed by atoms with E-state index in [1.807, 2.05) is 6.08 Å². The second kappa shape index (κ2) is 54.7. The van der Waals surface area contributed by atoms with E-state index in [2.05, 4.69) is 124 Å². The molecule has 0 aromatic rings. The molecule has 6 nitrogen and oxygen atoms in total. The van der Waals surface area contributed by atoms with Gasteiger partial charge in [0.2, 0.25) is 0 Å². The molecule has 0 aliphatic carbocycles. The van der Waals surface area contributed by atoms with Crippen molar-refractivity contribution in [1.29, 1.82) is 0 Å². The van der Waals surface area contributed by atoms with E-state index < -0.39 is 6.10 Å². The molecule has 6 heteroatoms. The third kappa shape index (κ3) is 52.9. The van der Waals surface area contributed by atoms with Gasteiger partial charge < -0.3 is 14.2 Å². The van der Waals surface area contributed by atoms with Crippen LogP contribution in [0.5, 0.6) is 0 Å². The van der Waals surface area contributed by atoms with E-state index >= 15 is 0 Å². The Hall–Kier alpha value is -3.93. The molecule has 0 aromatic heterocycles. The van der Waals surface area contributed by atoms with E-state index in [-0.39, 0.29) is 44.0 Å². The Bertz CT molecular complexity index is 1390. The van der Waals surface area contributed by atoms with Crippen LogP contribution in [0, 0.1) is 0 Å². The molecule has 380 valence electrons. The van der Waals surface area contributed by atoms with Crippen LogP contribution in [0.1, 0.15) is 239 Å². The Morgan fingerprint density at radius 2 is 0.627 bits per heavy atom. The van der Waals surface area contributed by atoms with Crippen LogP contribution in [0.4, 0.5) is 0 Å². The molecular weight excluding hydrogens is 829 g/mol. The zero-order valence-corrected chi connectivity index (χ0v) is 43.4. The molecule has 0 bridgehead atoms. The van der Waals surface area contributed by atoms with Crippen LogP contribution in [-0.2, 0) is 28.6 Å². The predicted molar refractivity (Wildman–Crippen MR) is 288 cm³/mol. The second-order valence-electron chi connectivity index (χ2n) is 17.9. The van der Waals surface area contributed by atoms with Crippen molar-refractivity contribution in [1.82, 2.24) is 0 Å². The number of carbonyl (C=O) groups excluding carboxylic acids is 3. The lowest BCUT2D eigenvalue weighted by Crippen LogP contribution is -2.30. The van der Waals surface area contributed by atoms with Gasteiger partial charge in [-0.2, -0.15) is 0 Å². The summed E-state index contributed by atoms with van der Waals surface area (Å²) in [5.41, 5.74) is 0. The van der Waals surface area contributed by atoms with Gasteiger partial charge in [0.15, 0.2) is 6.10 Å². The summed E-state index contributed by atoms with van der Waals surface area (Å²) in [6, 6.07) is 0. The van der Waals surface area contributed by atoms with Crippen molar-refractivity contribution in [3.8, 4) is 0 Å². The first kappa shape index (κ1) is 63.1. The van der Waals surface area contributed by atoms with Crippen LogP contribution in [0.25, 0.3) is 0 Å². The first-order valence-electron chi connectivity index (χ1n) is 27.5. The lowest BCUT2D eigenvalue weighted by molar-refractivity contribution is -0.166. The molecule has 0 radical (unpaired) electrons. The van der Waals surface area contributed by atoms with Crippen LogP contribution in [0.2, 0.25) is 0 Å². The van der Waals surface area contributed by atoms with Crippen molar-refractivity contribution in [2.45, 2.75) is 245 Å². The zero-order valence-electron chi connectivity index (χ0n) is 43.4. The quantitative estimate of drug-likeness (QED) is 0.0199. The van der Waals surface area contributed by atoms with E-state index in [1.54, 1.807) is 0 Å². The SMILES string of the molecule is CCCCC\C=C/C=C\C=C/C=C\CCCCCCCC(=O)OCC(COC(=O)CC/C=C\C/C=C\CCCCCCCC)OC(=O)CCCCCCC\C=C/C=C\C=C/CCCCCCC. The molecular formula is C61H100O6. The maximum Gasteiger partial charge on any atom is 0.306 e. The minimum Gasteiger partial charge on any atom is -0.462 e. The Morgan fingerprint density at radius 3 is 1.07 bits per heavy atom. The van der Waals surface area contributed by atoms with Gasteiger partial charge >= 0.3 is 17.9 Å². The molecule has 0 amide bonds. The van der Waals surface area contributed by atoms with Crippen molar-refractivity contribution in [3.63, 3.8) is 0 Å². The van der Waals surface area contributed by atoms with Crippen molar-refractivity contribution in [2.24, 2.45) is 0 Å².